The highest BCUT2D eigenvalue weighted by molar-refractivity contribution is 5.98. The number of aromatic nitrogens is 1. The number of benzene rings is 3. The van der Waals surface area contributed by atoms with Crippen molar-refractivity contribution in [1.29, 1.82) is 0 Å². The molecule has 13 N–H and O–H groups in total. The van der Waals surface area contributed by atoms with Gasteiger partial charge in [0.05, 0.1) is 82.0 Å². The van der Waals surface area contributed by atoms with Crippen LogP contribution in [0.25, 0.3) is 21.3 Å². The second kappa shape index (κ2) is 46.8. The van der Waals surface area contributed by atoms with Crippen LogP contribution in [-0.4, -0.2) is 211 Å². The van der Waals surface area contributed by atoms with Gasteiger partial charge in [-0.2, -0.15) is 0 Å². The number of nitrogens with one attached hydrogen (secondary N) is 11. The number of amides is 10. The highest BCUT2D eigenvalue weighted by atomic mass is 16.6. The average Bonchev–Trinajstić information content (AvgIpc) is 1.73. The average molecular weight is 1390 g/mol. The van der Waals surface area contributed by atoms with Crippen molar-refractivity contribution in [2.45, 2.75) is 90.1 Å². The SMILES string of the molecule is CC(=O)N[C@@H](Cc1c[nH]c2ccccc12)C(=O)N[C@@H](CCCCNC(=O)COCCOCCOCCN=[N+]=[N-])C(=O)NCCOCCOCCOCC(=O)N[C@H](C(=O)N[C@@H](CCCNC(N)=O)C(=O)Nc1ccc(COC(=O)NCCNc2ccc([N+](=O)[O-])cc2[N+](=O)[O-])cc1)C(C)C. The van der Waals surface area contributed by atoms with E-state index in [-0.39, 0.29) is 143 Å². The molecule has 37 heteroatoms. The van der Waals surface area contributed by atoms with Crippen LogP contribution < -0.4 is 58.9 Å². The lowest BCUT2D eigenvalue weighted by molar-refractivity contribution is -0.393. The summed E-state index contributed by atoms with van der Waals surface area (Å²) in [5, 5.41) is 53.4. The van der Waals surface area contributed by atoms with E-state index < -0.39 is 105 Å². The summed E-state index contributed by atoms with van der Waals surface area (Å²) in [5.41, 5.74) is 15.0. The number of nitro groups is 2. The number of nitro benzene ring substituents is 2. The minimum atomic E-state index is -1.15. The summed E-state index contributed by atoms with van der Waals surface area (Å²) in [6, 6.07) is 11.8. The summed E-state index contributed by atoms with van der Waals surface area (Å²) in [6.45, 7) is 6.23. The van der Waals surface area contributed by atoms with Gasteiger partial charge < -0.3 is 97.0 Å². The molecule has 0 saturated heterocycles. The van der Waals surface area contributed by atoms with E-state index in [1.807, 2.05) is 24.3 Å². The van der Waals surface area contributed by atoms with E-state index >= 15 is 0 Å². The summed E-state index contributed by atoms with van der Waals surface area (Å²) in [5.74, 6) is -4.23. The first kappa shape index (κ1) is 81.1. The molecule has 0 spiro atoms. The topological polar surface area (TPSA) is 515 Å². The molecule has 0 aliphatic carbocycles. The zero-order chi connectivity index (χ0) is 72.2. The third-order valence-corrected chi connectivity index (χ3v) is 14.1. The molecule has 0 saturated carbocycles. The number of primary amides is 1. The van der Waals surface area contributed by atoms with E-state index in [1.54, 1.807) is 32.2 Å². The van der Waals surface area contributed by atoms with Crippen LogP contribution in [0.1, 0.15) is 64.0 Å². The Kier molecular flexibility index (Phi) is 38.3. The Bertz CT molecular complexity index is 3300. The second-order valence-corrected chi connectivity index (χ2v) is 22.1. The van der Waals surface area contributed by atoms with Gasteiger partial charge in [0.15, 0.2) is 0 Å². The van der Waals surface area contributed by atoms with Gasteiger partial charge in [0, 0.05) is 86.4 Å². The maximum Gasteiger partial charge on any atom is 0.407 e. The number of rotatable bonds is 51. The van der Waals surface area contributed by atoms with Crippen molar-refractivity contribution in [3.63, 3.8) is 0 Å². The van der Waals surface area contributed by atoms with Gasteiger partial charge in [-0.25, -0.2) is 9.59 Å². The summed E-state index contributed by atoms with van der Waals surface area (Å²) in [6.07, 6.45) is 2.44. The van der Waals surface area contributed by atoms with Crippen molar-refractivity contribution in [2.24, 2.45) is 16.8 Å². The van der Waals surface area contributed by atoms with Crippen LogP contribution in [0.2, 0.25) is 0 Å². The Balaban J connectivity index is 1.16. The second-order valence-electron chi connectivity index (χ2n) is 22.1. The van der Waals surface area contributed by atoms with Gasteiger partial charge in [0.25, 0.3) is 11.4 Å². The number of azide groups is 1. The van der Waals surface area contributed by atoms with Crippen molar-refractivity contribution in [3.8, 4) is 0 Å². The quantitative estimate of drug-likeness (QED) is 0.00754. The summed E-state index contributed by atoms with van der Waals surface area (Å²) in [7, 11) is 0. The molecule has 0 bridgehead atoms. The Morgan fingerprint density at radius 3 is 1.90 bits per heavy atom. The van der Waals surface area contributed by atoms with Gasteiger partial charge in [-0.15, -0.1) is 0 Å². The number of ether oxygens (including phenoxy) is 7. The molecule has 0 radical (unpaired) electrons. The van der Waals surface area contributed by atoms with E-state index in [9.17, 15) is 63.4 Å². The van der Waals surface area contributed by atoms with Gasteiger partial charge in [0.2, 0.25) is 41.4 Å². The minimum absolute atomic E-state index is 0.00617. The summed E-state index contributed by atoms with van der Waals surface area (Å²) < 4.78 is 37.9. The Labute approximate surface area is 569 Å². The first-order chi connectivity index (χ1) is 47.6. The number of hydrogen-bond donors (Lipinski definition) is 12. The van der Waals surface area contributed by atoms with E-state index in [0.717, 1.165) is 28.6 Å². The number of alkyl carbamates (subject to hydrolysis) is 1. The number of unbranched alkanes of at least 4 members (excludes halogenated alkanes) is 1. The number of H-pyrrole nitrogens is 1. The van der Waals surface area contributed by atoms with Crippen LogP contribution in [0.4, 0.5) is 32.3 Å². The van der Waals surface area contributed by atoms with Gasteiger partial charge in [-0.1, -0.05) is 49.3 Å². The molecule has 0 aliphatic heterocycles. The Morgan fingerprint density at radius 1 is 0.616 bits per heavy atom. The monoisotopic (exact) mass is 1390 g/mol. The molecule has 1 heterocycles. The number of urea groups is 1. The number of nitrogens with two attached hydrogens (primary N) is 1. The lowest BCUT2D eigenvalue weighted by atomic mass is 10.0. The third kappa shape index (κ3) is 33.5. The maximum atomic E-state index is 13.8. The van der Waals surface area contributed by atoms with Gasteiger partial charge in [0.1, 0.15) is 49.7 Å². The largest absolute Gasteiger partial charge is 0.445 e. The van der Waals surface area contributed by atoms with Crippen molar-refractivity contribution in [2.75, 3.05) is 129 Å². The number of carbonyl (C=O) groups excluding carboxylic acids is 9. The van der Waals surface area contributed by atoms with E-state index in [0.29, 0.717) is 37.3 Å². The molecule has 0 fully saturated rings. The summed E-state index contributed by atoms with van der Waals surface area (Å²) in [4.78, 5) is 143. The standard InChI is InChI=1S/C62H89N17O20/c1-41(2)56(60(86)75-51(12-8-20-68-61(63)87)58(84)73-45-15-13-43(14-16-45)38-99-62(88)69-22-21-65-49-18-17-46(78(89)90)36-53(49)79(91)92)76-55(82)40-98-34-32-95-29-27-93-25-23-67-57(83)50(11-6-7-19-66-54(81)39-97-33-31-96-30-28-94-26-24-71-77-64)74-59(85)52(72-42(3)80)35-44-37-70-48-10-5-4-9-47(44)48/h4-5,9-10,13-18,36-37,41,50-52,56,65,70H,6-8,11-12,19-35,38-40H2,1-3H3,(H,66,81)(H,67,83)(H,69,88)(H,72,80)(H,73,84)(H,74,85)(H,75,86)(H,76,82)(H3,63,68,87)/t50-,51-,52-,56-/m0/s1. The zero-order valence-corrected chi connectivity index (χ0v) is 55.5. The van der Waals surface area contributed by atoms with Crippen LogP contribution >= 0.6 is 0 Å². The number of fused-ring (bicyclic) bond motifs is 1. The minimum Gasteiger partial charge on any atom is -0.445 e. The molecule has 4 rings (SSSR count). The van der Waals surface area contributed by atoms with Gasteiger partial charge >= 0.3 is 12.1 Å². The number of para-hydroxylation sites is 1. The van der Waals surface area contributed by atoms with E-state index in [4.69, 9.17) is 44.4 Å². The predicted molar refractivity (Wildman–Crippen MR) is 357 cm³/mol. The van der Waals surface area contributed by atoms with Crippen molar-refractivity contribution in [1.82, 2.24) is 47.5 Å². The normalized spacial score (nSPS) is 12.1. The van der Waals surface area contributed by atoms with Crippen LogP contribution in [0.3, 0.4) is 0 Å². The molecule has 0 aliphatic rings. The fraction of sp³-hybridized carbons (Fsp3) is 0.532. The Morgan fingerprint density at radius 2 is 1.24 bits per heavy atom. The molecule has 4 aromatic rings. The predicted octanol–water partition coefficient (Wildman–Crippen LogP) is 2.38. The fourth-order valence-corrected chi connectivity index (χ4v) is 9.21. The first-order valence-corrected chi connectivity index (χ1v) is 31.9. The number of hydrogen-bond acceptors (Lipinski definition) is 22. The molecule has 3 aromatic carbocycles. The third-order valence-electron chi connectivity index (χ3n) is 14.1. The molecule has 542 valence electrons. The molecular weight excluding hydrogens is 1300 g/mol. The lowest BCUT2D eigenvalue weighted by Crippen LogP contribution is -2.55. The maximum absolute atomic E-state index is 13.8. The number of carbonyl (C=O) groups is 9. The number of nitrogens with zero attached hydrogens (tertiary/aromatic N) is 5. The van der Waals surface area contributed by atoms with Crippen LogP contribution in [0, 0.1) is 26.1 Å². The highest BCUT2D eigenvalue weighted by Gasteiger charge is 2.30. The van der Waals surface area contributed by atoms with Crippen molar-refractivity contribution < 1.29 is 86.2 Å². The molecule has 99 heavy (non-hydrogen) atoms. The van der Waals surface area contributed by atoms with E-state index in [2.05, 4.69) is 68.2 Å². The molecular formula is C62H89N17O20. The first-order valence-electron chi connectivity index (χ1n) is 31.9. The van der Waals surface area contributed by atoms with Crippen LogP contribution in [0.15, 0.2) is 78.0 Å². The van der Waals surface area contributed by atoms with Crippen molar-refractivity contribution in [3.05, 3.63) is 115 Å². The lowest BCUT2D eigenvalue weighted by Gasteiger charge is -2.25. The molecule has 0 unspecified atom stereocenters. The van der Waals surface area contributed by atoms with Crippen molar-refractivity contribution >= 4 is 87.1 Å². The highest BCUT2D eigenvalue weighted by Crippen LogP contribution is 2.29. The zero-order valence-electron chi connectivity index (χ0n) is 55.5. The van der Waals surface area contributed by atoms with Crippen LogP contribution in [0.5, 0.6) is 0 Å². The fourth-order valence-electron chi connectivity index (χ4n) is 9.21. The molecule has 1 aromatic heterocycles. The van der Waals surface area contributed by atoms with Gasteiger partial charge in [-0.05, 0) is 78.9 Å². The smallest absolute Gasteiger partial charge is 0.407 e. The molecule has 37 nitrogen and oxygen atoms in total. The number of non-ortho nitro benzene ring substituents is 1. The Hall–Kier alpha value is -10.3. The number of anilines is 2. The molecule has 10 amide bonds. The summed E-state index contributed by atoms with van der Waals surface area (Å²) >= 11 is 0. The molecule has 4 atom stereocenters. The van der Waals surface area contributed by atoms with E-state index in [1.165, 1.54) is 25.1 Å². The number of aromatic amines is 1. The van der Waals surface area contributed by atoms with Crippen LogP contribution in [-0.2, 0) is 79.7 Å². The van der Waals surface area contributed by atoms with Gasteiger partial charge in [-0.3, -0.25) is 53.8 Å².